The molecule has 0 bridgehead atoms. The Morgan fingerprint density at radius 1 is 1.14 bits per heavy atom. The minimum Gasteiger partial charge on any atom is -0.392 e. The van der Waals surface area contributed by atoms with Crippen molar-refractivity contribution in [1.29, 1.82) is 0 Å². The number of para-hydroxylation sites is 1. The molecule has 2 heteroatoms. The molecule has 2 nitrogen and oxygen atoms in total. The van der Waals surface area contributed by atoms with Crippen molar-refractivity contribution in [2.75, 3.05) is 18.5 Å². The normalized spacial score (nSPS) is 12.2. The number of aliphatic hydroxyl groups excluding tert-OH is 1. The number of anilines is 1. The van der Waals surface area contributed by atoms with Crippen LogP contribution < -0.4 is 5.32 Å². The molecule has 1 rings (SSSR count). The van der Waals surface area contributed by atoms with Gasteiger partial charge in [0.25, 0.3) is 0 Å². The van der Waals surface area contributed by atoms with Crippen LogP contribution in [0.2, 0.25) is 0 Å². The van der Waals surface area contributed by atoms with Crippen molar-refractivity contribution in [2.24, 2.45) is 0 Å². The maximum absolute atomic E-state index is 8.92. The van der Waals surface area contributed by atoms with Gasteiger partial charge in [-0.3, -0.25) is 0 Å². The van der Waals surface area contributed by atoms with Gasteiger partial charge in [-0.1, -0.05) is 23.8 Å². The van der Waals surface area contributed by atoms with Crippen LogP contribution in [0.3, 0.4) is 0 Å². The van der Waals surface area contributed by atoms with E-state index in [0.29, 0.717) is 0 Å². The van der Waals surface area contributed by atoms with Crippen molar-refractivity contribution in [3.8, 4) is 0 Å². The summed E-state index contributed by atoms with van der Waals surface area (Å²) in [6.07, 6.45) is 0. The maximum Gasteiger partial charge on any atom is 0.0642 e. The molecule has 0 amide bonds. The molecule has 0 aliphatic carbocycles. The van der Waals surface area contributed by atoms with E-state index in [1.54, 1.807) is 0 Å². The maximum atomic E-state index is 8.92. The largest absolute Gasteiger partial charge is 0.392 e. The molecular weight excluding hydrogens is 174 g/mol. The Morgan fingerprint density at radius 3 is 2.36 bits per heavy atom. The molecule has 0 atom stereocenters. The summed E-state index contributed by atoms with van der Waals surface area (Å²) in [6.45, 7) is 4.90. The van der Waals surface area contributed by atoms with Crippen molar-refractivity contribution in [3.05, 3.63) is 41.5 Å². The van der Waals surface area contributed by atoms with E-state index < -0.39 is 0 Å². The molecule has 0 aromatic heterocycles. The lowest BCUT2D eigenvalue weighted by Gasteiger charge is -2.08. The molecule has 1 aromatic carbocycles. The van der Waals surface area contributed by atoms with Crippen LogP contribution in [-0.4, -0.2) is 18.3 Å². The van der Waals surface area contributed by atoms with Gasteiger partial charge in [-0.15, -0.1) is 0 Å². The molecule has 2 N–H and O–H groups in total. The lowest BCUT2D eigenvalue weighted by atomic mass is 10.1. The molecule has 0 heterocycles. The van der Waals surface area contributed by atoms with Crippen molar-refractivity contribution in [1.82, 2.24) is 0 Å². The van der Waals surface area contributed by atoms with Crippen LogP contribution in [0.25, 0.3) is 0 Å². The molecule has 0 unspecified atom stereocenters. The van der Waals surface area contributed by atoms with Crippen LogP contribution in [0, 0.1) is 0 Å². The Hall–Kier alpha value is -1.28. The number of hydrogen-bond donors (Lipinski definition) is 2. The summed E-state index contributed by atoms with van der Waals surface area (Å²) in [5.41, 5.74) is 3.34. The number of benzene rings is 1. The fraction of sp³-hybridized carbons (Fsp3) is 0.333. The van der Waals surface area contributed by atoms with Crippen molar-refractivity contribution >= 4 is 5.69 Å². The van der Waals surface area contributed by atoms with E-state index >= 15 is 0 Å². The number of nitrogens with one attached hydrogen (secondary N) is 1. The average molecular weight is 191 g/mol. The molecule has 0 aliphatic rings. The van der Waals surface area contributed by atoms with Gasteiger partial charge in [0, 0.05) is 12.2 Å². The monoisotopic (exact) mass is 191 g/mol. The SMILES string of the molecule is C/C(CO)=C(/C)CNc1ccccc1. The molecule has 0 saturated carbocycles. The minimum absolute atomic E-state index is 0.141. The second-order valence-electron chi connectivity index (χ2n) is 3.44. The lowest BCUT2D eigenvalue weighted by molar-refractivity contribution is 0.330. The van der Waals surface area contributed by atoms with Gasteiger partial charge < -0.3 is 10.4 Å². The van der Waals surface area contributed by atoms with Crippen LogP contribution in [0.15, 0.2) is 41.5 Å². The minimum atomic E-state index is 0.141. The third-order valence-corrected chi connectivity index (χ3v) is 2.30. The van der Waals surface area contributed by atoms with Crippen LogP contribution in [0.4, 0.5) is 5.69 Å². The van der Waals surface area contributed by atoms with Crippen molar-refractivity contribution < 1.29 is 5.11 Å². The summed E-state index contributed by atoms with van der Waals surface area (Å²) >= 11 is 0. The quantitative estimate of drug-likeness (QED) is 0.716. The Morgan fingerprint density at radius 2 is 1.79 bits per heavy atom. The van der Waals surface area contributed by atoms with E-state index in [2.05, 4.69) is 5.32 Å². The van der Waals surface area contributed by atoms with E-state index in [1.165, 1.54) is 5.57 Å². The first kappa shape index (κ1) is 10.8. The first-order valence-electron chi connectivity index (χ1n) is 4.79. The Labute approximate surface area is 85.3 Å². The molecular formula is C12H17NO. The van der Waals surface area contributed by atoms with Gasteiger partial charge in [0.05, 0.1) is 6.61 Å². The number of hydrogen-bond acceptors (Lipinski definition) is 2. The van der Waals surface area contributed by atoms with Gasteiger partial charge >= 0.3 is 0 Å². The molecule has 0 fully saturated rings. The Kier molecular flexibility index (Phi) is 4.20. The molecule has 0 spiro atoms. The van der Waals surface area contributed by atoms with Crippen LogP contribution in [0.5, 0.6) is 0 Å². The molecule has 1 aromatic rings. The third-order valence-electron chi connectivity index (χ3n) is 2.30. The number of rotatable bonds is 4. The van der Waals surface area contributed by atoms with Gasteiger partial charge in [-0.05, 0) is 31.6 Å². The first-order chi connectivity index (χ1) is 6.74. The van der Waals surface area contributed by atoms with Gasteiger partial charge in [0.15, 0.2) is 0 Å². The second-order valence-corrected chi connectivity index (χ2v) is 3.44. The highest BCUT2D eigenvalue weighted by molar-refractivity contribution is 5.43. The standard InChI is InChI=1S/C12H17NO/c1-10(11(2)9-14)8-13-12-6-4-3-5-7-12/h3-7,13-14H,8-9H2,1-2H3/b11-10+. The van der Waals surface area contributed by atoms with Crippen LogP contribution >= 0.6 is 0 Å². The van der Waals surface area contributed by atoms with E-state index in [0.717, 1.165) is 17.8 Å². The van der Waals surface area contributed by atoms with E-state index in [1.807, 2.05) is 44.2 Å². The number of aliphatic hydroxyl groups is 1. The Balaban J connectivity index is 2.50. The molecule has 0 saturated heterocycles. The average Bonchev–Trinajstić information content (AvgIpc) is 2.26. The topological polar surface area (TPSA) is 32.3 Å². The van der Waals surface area contributed by atoms with E-state index in [9.17, 15) is 0 Å². The van der Waals surface area contributed by atoms with Crippen LogP contribution in [0.1, 0.15) is 13.8 Å². The van der Waals surface area contributed by atoms with Gasteiger partial charge in [-0.25, -0.2) is 0 Å². The fourth-order valence-corrected chi connectivity index (χ4v) is 1.08. The Bertz CT molecular complexity index is 303. The summed E-state index contributed by atoms with van der Waals surface area (Å²) in [6, 6.07) is 10.1. The van der Waals surface area contributed by atoms with E-state index in [4.69, 9.17) is 5.11 Å². The summed E-state index contributed by atoms with van der Waals surface area (Å²) in [7, 11) is 0. The molecule has 0 radical (unpaired) electrons. The highest BCUT2D eigenvalue weighted by atomic mass is 16.3. The summed E-state index contributed by atoms with van der Waals surface area (Å²) in [4.78, 5) is 0. The zero-order valence-electron chi connectivity index (χ0n) is 8.75. The molecule has 14 heavy (non-hydrogen) atoms. The highest BCUT2D eigenvalue weighted by Gasteiger charge is 1.95. The van der Waals surface area contributed by atoms with Crippen molar-refractivity contribution in [3.63, 3.8) is 0 Å². The second kappa shape index (κ2) is 5.45. The zero-order chi connectivity index (χ0) is 10.4. The summed E-state index contributed by atoms with van der Waals surface area (Å²) < 4.78 is 0. The highest BCUT2D eigenvalue weighted by Crippen LogP contribution is 2.08. The predicted molar refractivity (Wildman–Crippen MR) is 60.4 cm³/mol. The first-order valence-corrected chi connectivity index (χ1v) is 4.79. The fourth-order valence-electron chi connectivity index (χ4n) is 1.08. The molecule has 76 valence electrons. The predicted octanol–water partition coefficient (Wildman–Crippen LogP) is 2.43. The van der Waals surface area contributed by atoms with Crippen LogP contribution in [-0.2, 0) is 0 Å². The third kappa shape index (κ3) is 3.23. The van der Waals surface area contributed by atoms with Gasteiger partial charge in [-0.2, -0.15) is 0 Å². The lowest BCUT2D eigenvalue weighted by Crippen LogP contribution is -2.05. The summed E-state index contributed by atoms with van der Waals surface area (Å²) in [5, 5.41) is 12.2. The molecule has 0 aliphatic heterocycles. The smallest absolute Gasteiger partial charge is 0.0642 e. The van der Waals surface area contributed by atoms with Crippen molar-refractivity contribution in [2.45, 2.75) is 13.8 Å². The summed E-state index contributed by atoms with van der Waals surface area (Å²) in [5.74, 6) is 0. The van der Waals surface area contributed by atoms with E-state index in [-0.39, 0.29) is 6.61 Å². The van der Waals surface area contributed by atoms with Gasteiger partial charge in [0.2, 0.25) is 0 Å². The zero-order valence-corrected chi connectivity index (χ0v) is 8.75. The van der Waals surface area contributed by atoms with Gasteiger partial charge in [0.1, 0.15) is 0 Å².